The molecule has 0 bridgehead atoms. The molecule has 0 radical (unpaired) electrons. The van der Waals surface area contributed by atoms with Crippen LogP contribution in [0.15, 0.2) is 115 Å². The first-order chi connectivity index (χ1) is 17.6. The van der Waals surface area contributed by atoms with Gasteiger partial charge in [0, 0.05) is 0 Å². The molecule has 0 N–H and O–H groups in total. The van der Waals surface area contributed by atoms with Crippen LogP contribution < -0.4 is 24.4 Å². The third kappa shape index (κ3) is 2.32. The van der Waals surface area contributed by atoms with Crippen LogP contribution in [0, 0.1) is 0 Å². The van der Waals surface area contributed by atoms with Crippen LogP contribution >= 0.6 is 0 Å². The summed E-state index contributed by atoms with van der Waals surface area (Å²) in [5.41, 5.74) is 7.46. The molecule has 0 saturated heterocycles. The van der Waals surface area contributed by atoms with E-state index in [0.29, 0.717) is 0 Å². The predicted octanol–water partition coefficient (Wildman–Crippen LogP) is 7.04. The number of para-hydroxylation sites is 2. The van der Waals surface area contributed by atoms with E-state index in [9.17, 15) is 0 Å². The van der Waals surface area contributed by atoms with Crippen molar-refractivity contribution in [1.29, 1.82) is 0 Å². The van der Waals surface area contributed by atoms with Crippen LogP contribution in [0.2, 0.25) is 9.26 Å². The van der Waals surface area contributed by atoms with Gasteiger partial charge in [0.15, 0.2) is 0 Å². The molecular formula is C32H25BiN2O. The van der Waals surface area contributed by atoms with Crippen molar-refractivity contribution in [2.45, 2.75) is 9.26 Å². The van der Waals surface area contributed by atoms with Gasteiger partial charge in [-0.15, -0.1) is 0 Å². The second-order valence-corrected chi connectivity index (χ2v) is 32.2. The van der Waals surface area contributed by atoms with Crippen LogP contribution in [0.1, 0.15) is 0 Å². The molecule has 36 heavy (non-hydrogen) atoms. The van der Waals surface area contributed by atoms with Crippen molar-refractivity contribution in [2.24, 2.45) is 0 Å². The molecule has 0 unspecified atom stereocenters. The molecule has 0 aromatic heterocycles. The summed E-state index contributed by atoms with van der Waals surface area (Å²) >= 11 is -4.19. The number of benzene rings is 5. The zero-order chi connectivity index (χ0) is 24.1. The SMILES string of the molecule is [CH3][Bi]12([CH3])[c]3c4cccc3N(c3ccccc3)c3cccc([c]31)N(c1ccccc1)c1cccc([c]12)O4. The van der Waals surface area contributed by atoms with E-state index in [1.165, 1.54) is 43.9 Å². The Bertz CT molecular complexity index is 1590. The molecule has 0 amide bonds. The Kier molecular flexibility index (Phi) is 3.87. The topological polar surface area (TPSA) is 15.7 Å². The fraction of sp³-hybridized carbons (Fsp3) is 0.0625. The summed E-state index contributed by atoms with van der Waals surface area (Å²) in [4.78, 5) is 4.90. The first-order valence-corrected chi connectivity index (χ1v) is 24.5. The number of rotatable bonds is 2. The molecule has 4 heteroatoms. The van der Waals surface area contributed by atoms with Gasteiger partial charge in [0.1, 0.15) is 0 Å². The van der Waals surface area contributed by atoms with Crippen LogP contribution in [-0.2, 0) is 0 Å². The summed E-state index contributed by atoms with van der Waals surface area (Å²) in [6.07, 6.45) is 0. The van der Waals surface area contributed by atoms with Crippen LogP contribution in [0.3, 0.4) is 0 Å². The molecule has 3 nitrogen and oxygen atoms in total. The zero-order valence-corrected chi connectivity index (χ0v) is 23.7. The Hall–Kier alpha value is -3.62. The summed E-state index contributed by atoms with van der Waals surface area (Å²) in [6, 6.07) is 41.6. The van der Waals surface area contributed by atoms with Crippen molar-refractivity contribution in [3.63, 3.8) is 0 Å². The number of anilines is 6. The molecule has 0 saturated carbocycles. The Labute approximate surface area is 212 Å². The molecule has 3 aliphatic heterocycles. The van der Waals surface area contributed by atoms with Gasteiger partial charge in [-0.1, -0.05) is 0 Å². The molecule has 5 aromatic carbocycles. The van der Waals surface area contributed by atoms with E-state index in [1.807, 2.05) is 0 Å². The molecule has 0 spiro atoms. The standard InChI is InChI=1S/C30H19N2O.2CH3.Bi/c1-3-10-23(11-4-1)31-25-14-7-15-26(20-25)32(24-12-5-2-6-13-24)28-17-9-19-30(22-28)33-29-18-8-16-27(31)21-29;;;/h1-19H;2*1H3;. The minimum atomic E-state index is -4.19. The third-order valence-corrected chi connectivity index (χ3v) is 29.1. The second-order valence-electron chi connectivity index (χ2n) is 10.5. The van der Waals surface area contributed by atoms with Crippen molar-refractivity contribution in [1.82, 2.24) is 0 Å². The Morgan fingerprint density at radius 1 is 0.444 bits per heavy atom. The van der Waals surface area contributed by atoms with Crippen molar-refractivity contribution < 1.29 is 4.74 Å². The number of hydrogen-bond acceptors (Lipinski definition) is 3. The van der Waals surface area contributed by atoms with Crippen LogP contribution in [0.4, 0.5) is 34.1 Å². The average Bonchev–Trinajstić information content (AvgIpc) is 2.90. The van der Waals surface area contributed by atoms with Crippen molar-refractivity contribution in [3.8, 4) is 11.5 Å². The van der Waals surface area contributed by atoms with Gasteiger partial charge < -0.3 is 0 Å². The maximum absolute atomic E-state index is 6.75. The molecule has 0 atom stereocenters. The molecule has 3 aliphatic rings. The Balaban J connectivity index is 1.59. The van der Waals surface area contributed by atoms with E-state index in [2.05, 4.69) is 134 Å². The molecular weight excluding hydrogens is 637 g/mol. The van der Waals surface area contributed by atoms with Gasteiger partial charge in [-0.05, 0) is 0 Å². The first kappa shape index (κ1) is 20.6. The molecule has 0 fully saturated rings. The molecule has 3 heterocycles. The number of ether oxygens (including phenoxy) is 1. The number of hydrogen-bond donors (Lipinski definition) is 0. The van der Waals surface area contributed by atoms with E-state index in [1.54, 1.807) is 0 Å². The summed E-state index contributed by atoms with van der Waals surface area (Å²) < 4.78 is 16.4. The molecule has 5 aromatic rings. The minimum absolute atomic E-state index is 1.02. The van der Waals surface area contributed by atoms with E-state index in [4.69, 9.17) is 4.74 Å². The summed E-state index contributed by atoms with van der Waals surface area (Å²) in [7, 11) is 0. The number of nitrogens with zero attached hydrogens (tertiary/aromatic N) is 2. The van der Waals surface area contributed by atoms with Crippen molar-refractivity contribution in [3.05, 3.63) is 115 Å². The van der Waals surface area contributed by atoms with Gasteiger partial charge in [-0.2, -0.15) is 0 Å². The first-order valence-electron chi connectivity index (χ1n) is 12.4. The van der Waals surface area contributed by atoms with Crippen molar-refractivity contribution >= 4 is 62.7 Å². The van der Waals surface area contributed by atoms with Crippen LogP contribution in [-0.4, -0.2) is 18.8 Å². The van der Waals surface area contributed by atoms with Gasteiger partial charge in [0.05, 0.1) is 0 Å². The van der Waals surface area contributed by atoms with Crippen LogP contribution in [0.5, 0.6) is 11.5 Å². The molecule has 0 aliphatic carbocycles. The summed E-state index contributed by atoms with van der Waals surface area (Å²) in [5, 5.41) is 0. The van der Waals surface area contributed by atoms with Gasteiger partial charge in [-0.3, -0.25) is 0 Å². The predicted molar refractivity (Wildman–Crippen MR) is 152 cm³/mol. The monoisotopic (exact) mass is 662 g/mol. The zero-order valence-electron chi connectivity index (χ0n) is 20.2. The summed E-state index contributed by atoms with van der Waals surface area (Å²) in [5.74, 6) is 2.04. The van der Waals surface area contributed by atoms with Crippen LogP contribution in [0.25, 0.3) is 0 Å². The molecule has 174 valence electrons. The van der Waals surface area contributed by atoms with Crippen molar-refractivity contribution in [2.75, 3.05) is 9.80 Å². The summed E-state index contributed by atoms with van der Waals surface area (Å²) in [6.45, 7) is 0. The second kappa shape index (κ2) is 6.78. The Morgan fingerprint density at radius 2 is 0.833 bits per heavy atom. The third-order valence-electron chi connectivity index (χ3n) is 8.17. The van der Waals surface area contributed by atoms with Gasteiger partial charge in [0.2, 0.25) is 0 Å². The van der Waals surface area contributed by atoms with Gasteiger partial charge in [-0.25, -0.2) is 0 Å². The average molecular weight is 663 g/mol. The van der Waals surface area contributed by atoms with E-state index >= 15 is 0 Å². The van der Waals surface area contributed by atoms with E-state index in [-0.39, 0.29) is 0 Å². The van der Waals surface area contributed by atoms with Gasteiger partial charge >= 0.3 is 213 Å². The van der Waals surface area contributed by atoms with Gasteiger partial charge in [0.25, 0.3) is 0 Å². The quantitative estimate of drug-likeness (QED) is 0.185. The maximum atomic E-state index is 6.75. The fourth-order valence-corrected chi connectivity index (χ4v) is 29.0. The fourth-order valence-electron chi connectivity index (χ4n) is 6.89. The van der Waals surface area contributed by atoms with E-state index < -0.39 is 18.8 Å². The Morgan fingerprint density at radius 3 is 1.28 bits per heavy atom. The van der Waals surface area contributed by atoms with E-state index in [0.717, 1.165) is 11.5 Å². The molecule has 8 rings (SSSR count). The normalized spacial score (nSPS) is 17.9.